The third kappa shape index (κ3) is 3.21. The van der Waals surface area contributed by atoms with Crippen molar-refractivity contribution < 1.29 is 32.7 Å². The van der Waals surface area contributed by atoms with E-state index in [9.17, 15) is 0 Å². The van der Waals surface area contributed by atoms with Crippen LogP contribution in [0.1, 0.15) is 33.6 Å². The molecular formula is C12H23NSY-2. The van der Waals surface area contributed by atoms with Gasteiger partial charge in [0.1, 0.15) is 0 Å². The van der Waals surface area contributed by atoms with Gasteiger partial charge in [-0.25, -0.2) is 5.54 Å². The Balaban J connectivity index is 0.00000196. The Kier molecular flexibility index (Phi) is 6.39. The Bertz CT molecular complexity index is 208. The number of nitrogens with zero attached hydrogens (tertiary/aromatic N) is 1. The van der Waals surface area contributed by atoms with Crippen molar-refractivity contribution in [2.45, 2.75) is 43.9 Å². The van der Waals surface area contributed by atoms with Crippen LogP contribution in [0.15, 0.2) is 0 Å². The van der Waals surface area contributed by atoms with Gasteiger partial charge in [0.25, 0.3) is 0 Å². The van der Waals surface area contributed by atoms with Gasteiger partial charge in [-0.3, -0.25) is 0 Å². The molecule has 3 unspecified atom stereocenters. The quantitative estimate of drug-likeness (QED) is 0.576. The van der Waals surface area contributed by atoms with E-state index in [1.807, 2.05) is 0 Å². The first-order valence-corrected chi connectivity index (χ1v) is 5.87. The summed E-state index contributed by atoms with van der Waals surface area (Å²) in [6.07, 6.45) is 4.57. The van der Waals surface area contributed by atoms with Crippen molar-refractivity contribution >= 4 is 12.6 Å². The molecule has 0 bridgehead atoms. The predicted molar refractivity (Wildman–Crippen MR) is 66.5 cm³/mol. The topological polar surface area (TPSA) is 3.24 Å². The van der Waals surface area contributed by atoms with Crippen molar-refractivity contribution in [3.05, 3.63) is 13.3 Å². The Morgan fingerprint density at radius 1 is 1.53 bits per heavy atom. The average molecular weight is 302 g/mol. The molecule has 0 saturated carbocycles. The third-order valence-electron chi connectivity index (χ3n) is 3.79. The minimum atomic E-state index is -0.138. The molecule has 0 spiro atoms. The molecule has 1 saturated heterocycles. The van der Waals surface area contributed by atoms with Gasteiger partial charge in [0.05, 0.1) is 0 Å². The van der Waals surface area contributed by atoms with Crippen molar-refractivity contribution in [3.8, 4) is 0 Å². The molecule has 15 heavy (non-hydrogen) atoms. The molecule has 1 aliphatic rings. The summed E-state index contributed by atoms with van der Waals surface area (Å²) >= 11 is 4.83. The zero-order valence-corrected chi connectivity index (χ0v) is 14.2. The van der Waals surface area contributed by atoms with Crippen LogP contribution in [0.2, 0.25) is 0 Å². The summed E-state index contributed by atoms with van der Waals surface area (Å²) in [6.45, 7) is 12.1. The van der Waals surface area contributed by atoms with Crippen molar-refractivity contribution in [1.82, 2.24) is 4.90 Å². The molecule has 0 aliphatic carbocycles. The zero-order chi connectivity index (χ0) is 11.0. The molecule has 1 fully saturated rings. The fourth-order valence-corrected chi connectivity index (χ4v) is 3.12. The summed E-state index contributed by atoms with van der Waals surface area (Å²) < 4.78 is -0.0353. The largest absolute Gasteiger partial charge is 0.357 e. The van der Waals surface area contributed by atoms with Gasteiger partial charge in [0, 0.05) is 32.7 Å². The molecular weight excluding hydrogens is 279 g/mol. The molecule has 3 atom stereocenters. The SMILES string of the molecule is [CH2-]C1([CH-]C)N(C)CCC(C)CC1(C)S.[Y]. The Morgan fingerprint density at radius 2 is 2.07 bits per heavy atom. The minimum Gasteiger partial charge on any atom is -0.357 e. The van der Waals surface area contributed by atoms with Crippen molar-refractivity contribution in [2.24, 2.45) is 5.92 Å². The van der Waals surface area contributed by atoms with Gasteiger partial charge in [-0.2, -0.15) is 19.6 Å². The molecule has 1 heterocycles. The first kappa shape index (κ1) is 16.4. The second-order valence-corrected chi connectivity index (χ2v) is 5.99. The maximum absolute atomic E-state index is 4.83. The molecule has 0 N–H and O–H groups in total. The summed E-state index contributed by atoms with van der Waals surface area (Å²) in [5, 5.41) is 0. The van der Waals surface area contributed by atoms with E-state index in [2.05, 4.69) is 46.1 Å². The van der Waals surface area contributed by atoms with Gasteiger partial charge < -0.3 is 18.2 Å². The van der Waals surface area contributed by atoms with E-state index in [1.165, 1.54) is 6.42 Å². The molecule has 87 valence electrons. The Morgan fingerprint density at radius 3 is 2.53 bits per heavy atom. The standard InChI is InChI=1S/C12H23NS.Y/c1-6-11(3)12(4,14)9-10(2)7-8-13(11)5;/h6,10,14H,3,7-9H2,1-2,4-5H3;/q-2;. The van der Waals surface area contributed by atoms with Crippen LogP contribution in [0.5, 0.6) is 0 Å². The molecule has 0 amide bonds. The molecule has 1 rings (SSSR count). The van der Waals surface area contributed by atoms with Crippen molar-refractivity contribution in [3.63, 3.8) is 0 Å². The first-order chi connectivity index (χ1) is 6.33. The molecule has 0 aromatic carbocycles. The number of rotatable bonds is 1. The number of likely N-dealkylation sites (tertiary alicyclic amines) is 1. The molecule has 1 aliphatic heterocycles. The molecule has 0 aromatic rings. The summed E-state index contributed by atoms with van der Waals surface area (Å²) in [5.41, 5.74) is -0.138. The fourth-order valence-electron chi connectivity index (χ4n) is 2.51. The summed E-state index contributed by atoms with van der Waals surface area (Å²) in [7, 11) is 2.15. The molecule has 1 nitrogen and oxygen atoms in total. The van der Waals surface area contributed by atoms with Crippen LogP contribution < -0.4 is 0 Å². The van der Waals surface area contributed by atoms with Crippen molar-refractivity contribution in [2.75, 3.05) is 13.6 Å². The van der Waals surface area contributed by atoms with E-state index < -0.39 is 0 Å². The predicted octanol–water partition coefficient (Wildman–Crippen LogP) is 2.83. The molecule has 1 radical (unpaired) electrons. The summed E-state index contributed by atoms with van der Waals surface area (Å²) in [6, 6.07) is 0. The van der Waals surface area contributed by atoms with Gasteiger partial charge in [0.2, 0.25) is 0 Å². The van der Waals surface area contributed by atoms with Crippen LogP contribution >= 0.6 is 12.6 Å². The number of hydrogen-bond donors (Lipinski definition) is 1. The van der Waals surface area contributed by atoms with Gasteiger partial charge >= 0.3 is 0 Å². The monoisotopic (exact) mass is 302 g/mol. The van der Waals surface area contributed by atoms with Crippen LogP contribution in [0, 0.1) is 19.3 Å². The van der Waals surface area contributed by atoms with Crippen LogP contribution in [-0.4, -0.2) is 28.8 Å². The van der Waals surface area contributed by atoms with Crippen LogP contribution in [0.3, 0.4) is 0 Å². The fraction of sp³-hybridized carbons (Fsp3) is 0.833. The second kappa shape index (κ2) is 5.84. The summed E-state index contributed by atoms with van der Waals surface area (Å²) in [5.74, 6) is 0.739. The van der Waals surface area contributed by atoms with Crippen LogP contribution in [0.25, 0.3) is 0 Å². The summed E-state index contributed by atoms with van der Waals surface area (Å²) in [4.78, 5) is 2.34. The number of thiol groups is 1. The van der Waals surface area contributed by atoms with Crippen LogP contribution in [0.4, 0.5) is 0 Å². The minimum absolute atomic E-state index is 0. The van der Waals surface area contributed by atoms with E-state index in [0.717, 1.165) is 18.9 Å². The molecule has 3 heteroatoms. The van der Waals surface area contributed by atoms with Crippen LogP contribution in [-0.2, 0) is 32.7 Å². The number of hydrogen-bond acceptors (Lipinski definition) is 2. The van der Waals surface area contributed by atoms with E-state index in [4.69, 9.17) is 12.6 Å². The maximum atomic E-state index is 4.83. The van der Waals surface area contributed by atoms with Gasteiger partial charge in [-0.05, 0) is 37.1 Å². The Hall–Kier alpha value is 1.41. The molecule has 0 aromatic heterocycles. The van der Waals surface area contributed by atoms with Gasteiger partial charge in [-0.15, -0.1) is 0 Å². The maximum Gasteiger partial charge on any atom is 0 e. The normalized spacial score (nSPS) is 43.2. The average Bonchev–Trinajstić information content (AvgIpc) is 2.17. The van der Waals surface area contributed by atoms with Gasteiger partial charge in [-0.1, -0.05) is 13.8 Å². The smallest absolute Gasteiger partial charge is 0 e. The Labute approximate surface area is 126 Å². The van der Waals surface area contributed by atoms with Gasteiger partial charge in [0.15, 0.2) is 0 Å². The second-order valence-electron chi connectivity index (χ2n) is 5.01. The van der Waals surface area contributed by atoms with Crippen molar-refractivity contribution in [1.29, 1.82) is 0 Å². The zero-order valence-electron chi connectivity index (χ0n) is 10.5. The first-order valence-electron chi connectivity index (χ1n) is 5.43. The van der Waals surface area contributed by atoms with E-state index in [0.29, 0.717) is 0 Å². The van der Waals surface area contributed by atoms with E-state index in [-0.39, 0.29) is 43.0 Å². The van der Waals surface area contributed by atoms with E-state index >= 15 is 0 Å². The third-order valence-corrected chi connectivity index (χ3v) is 4.36. The van der Waals surface area contributed by atoms with E-state index in [1.54, 1.807) is 0 Å².